The number of nitrogens with two attached hydrogens (primary N) is 1. The van der Waals surface area contributed by atoms with Crippen molar-refractivity contribution in [2.45, 2.75) is 32.0 Å². The van der Waals surface area contributed by atoms with E-state index in [0.717, 1.165) is 23.3 Å². The molecule has 0 fully saturated rings. The monoisotopic (exact) mass is 443 g/mol. The van der Waals surface area contributed by atoms with Crippen molar-refractivity contribution in [3.8, 4) is 0 Å². The van der Waals surface area contributed by atoms with Crippen LogP contribution in [0.15, 0.2) is 23.1 Å². The zero-order chi connectivity index (χ0) is 22.1. The van der Waals surface area contributed by atoms with E-state index in [1.807, 2.05) is 0 Å². The molecule has 0 bridgehead atoms. The SMILES string of the molecule is NC(=O)c1c(NC(=O)COC(=O)Cn2cc(C(F)(F)F)ccc2=O)sc2c1CCC2. The lowest BCUT2D eigenvalue weighted by Crippen LogP contribution is -2.28. The first-order valence-electron chi connectivity index (χ1n) is 8.73. The molecule has 2 aromatic rings. The van der Waals surface area contributed by atoms with Crippen LogP contribution in [0.4, 0.5) is 18.2 Å². The second-order valence-corrected chi connectivity index (χ2v) is 7.62. The second kappa shape index (κ2) is 8.30. The van der Waals surface area contributed by atoms with Gasteiger partial charge in [-0.25, -0.2) is 0 Å². The number of fused-ring (bicyclic) bond motifs is 1. The van der Waals surface area contributed by atoms with Crippen LogP contribution < -0.4 is 16.6 Å². The third kappa shape index (κ3) is 4.70. The average Bonchev–Trinajstić information content (AvgIpc) is 3.21. The number of aromatic nitrogens is 1. The predicted octanol–water partition coefficient (Wildman–Crippen LogP) is 1.70. The Morgan fingerprint density at radius 2 is 1.97 bits per heavy atom. The van der Waals surface area contributed by atoms with E-state index in [9.17, 15) is 32.3 Å². The Morgan fingerprint density at radius 1 is 1.23 bits per heavy atom. The van der Waals surface area contributed by atoms with E-state index in [4.69, 9.17) is 10.5 Å². The first-order valence-corrected chi connectivity index (χ1v) is 9.55. The molecule has 30 heavy (non-hydrogen) atoms. The molecule has 1 aliphatic carbocycles. The molecule has 0 atom stereocenters. The summed E-state index contributed by atoms with van der Waals surface area (Å²) in [5.74, 6) is -2.50. The number of carbonyl (C=O) groups excluding carboxylic acids is 3. The van der Waals surface area contributed by atoms with E-state index in [1.54, 1.807) is 0 Å². The summed E-state index contributed by atoms with van der Waals surface area (Å²) in [4.78, 5) is 48.2. The van der Waals surface area contributed by atoms with Gasteiger partial charge in [-0.2, -0.15) is 13.2 Å². The van der Waals surface area contributed by atoms with Crippen LogP contribution >= 0.6 is 11.3 Å². The van der Waals surface area contributed by atoms with E-state index in [2.05, 4.69) is 5.32 Å². The summed E-state index contributed by atoms with van der Waals surface area (Å²) in [5.41, 5.74) is 4.51. The number of nitrogens with one attached hydrogen (secondary N) is 1. The Balaban J connectivity index is 1.60. The number of hydrogen-bond acceptors (Lipinski definition) is 6. The normalized spacial score (nSPS) is 13.0. The Morgan fingerprint density at radius 3 is 2.63 bits per heavy atom. The van der Waals surface area contributed by atoms with Crippen molar-refractivity contribution >= 4 is 34.1 Å². The Kier molecular flexibility index (Phi) is 5.97. The third-order valence-corrected chi connectivity index (χ3v) is 5.60. The molecule has 0 aromatic carbocycles. The predicted molar refractivity (Wildman–Crippen MR) is 100 cm³/mol. The zero-order valence-corrected chi connectivity index (χ0v) is 16.2. The van der Waals surface area contributed by atoms with Crippen molar-refractivity contribution in [1.29, 1.82) is 0 Å². The maximum atomic E-state index is 12.7. The van der Waals surface area contributed by atoms with Crippen molar-refractivity contribution in [3.63, 3.8) is 0 Å². The zero-order valence-electron chi connectivity index (χ0n) is 15.4. The van der Waals surface area contributed by atoms with E-state index in [0.29, 0.717) is 29.3 Å². The van der Waals surface area contributed by atoms with Crippen LogP contribution in [0.5, 0.6) is 0 Å². The minimum absolute atomic E-state index is 0.239. The van der Waals surface area contributed by atoms with Gasteiger partial charge in [-0.1, -0.05) is 0 Å². The molecular formula is C18H16F3N3O5S. The van der Waals surface area contributed by atoms with Crippen LogP contribution in [-0.2, 0) is 39.9 Å². The Hall–Kier alpha value is -3.15. The fraction of sp³-hybridized carbons (Fsp3) is 0.333. The number of ether oxygens (including phenoxy) is 1. The lowest BCUT2D eigenvalue weighted by Gasteiger charge is -2.11. The smallest absolute Gasteiger partial charge is 0.417 e. The molecule has 0 saturated heterocycles. The van der Waals surface area contributed by atoms with E-state index < -0.39 is 48.2 Å². The number of pyridine rings is 1. The molecule has 1 aliphatic rings. The van der Waals surface area contributed by atoms with Gasteiger partial charge < -0.3 is 20.4 Å². The largest absolute Gasteiger partial charge is 0.454 e. The fourth-order valence-corrected chi connectivity index (χ4v) is 4.38. The number of thiophene rings is 1. The summed E-state index contributed by atoms with van der Waals surface area (Å²) >= 11 is 1.22. The van der Waals surface area contributed by atoms with Crippen molar-refractivity contribution < 1.29 is 32.3 Å². The summed E-state index contributed by atoms with van der Waals surface area (Å²) < 4.78 is 43.5. The fourth-order valence-electron chi connectivity index (χ4n) is 3.07. The van der Waals surface area contributed by atoms with Crippen LogP contribution in [0.25, 0.3) is 0 Å². The van der Waals surface area contributed by atoms with Crippen LogP contribution in [-0.4, -0.2) is 29.0 Å². The number of hydrogen-bond donors (Lipinski definition) is 2. The van der Waals surface area contributed by atoms with Crippen LogP contribution in [0.2, 0.25) is 0 Å². The van der Waals surface area contributed by atoms with Gasteiger partial charge in [0, 0.05) is 17.1 Å². The highest BCUT2D eigenvalue weighted by Gasteiger charge is 2.31. The number of nitrogens with zero attached hydrogens (tertiary/aromatic N) is 1. The highest BCUT2D eigenvalue weighted by atomic mass is 32.1. The quantitative estimate of drug-likeness (QED) is 0.659. The number of carbonyl (C=O) groups is 3. The molecule has 0 unspecified atom stereocenters. The van der Waals surface area contributed by atoms with Gasteiger partial charge in [-0.15, -0.1) is 11.3 Å². The molecule has 2 amide bonds. The molecule has 0 spiro atoms. The van der Waals surface area contributed by atoms with Gasteiger partial charge in [-0.3, -0.25) is 19.2 Å². The van der Waals surface area contributed by atoms with E-state index in [-0.39, 0.29) is 10.6 Å². The van der Waals surface area contributed by atoms with Crippen molar-refractivity contribution in [2.24, 2.45) is 5.73 Å². The lowest BCUT2D eigenvalue weighted by atomic mass is 10.1. The van der Waals surface area contributed by atoms with Crippen LogP contribution in [0.1, 0.15) is 32.8 Å². The maximum Gasteiger partial charge on any atom is 0.417 e. The van der Waals surface area contributed by atoms with Crippen LogP contribution in [0, 0.1) is 0 Å². The third-order valence-electron chi connectivity index (χ3n) is 4.40. The average molecular weight is 443 g/mol. The first kappa shape index (κ1) is 21.6. The van der Waals surface area contributed by atoms with E-state index >= 15 is 0 Å². The highest BCUT2D eigenvalue weighted by molar-refractivity contribution is 7.17. The van der Waals surface area contributed by atoms with Gasteiger partial charge >= 0.3 is 12.1 Å². The molecular weight excluding hydrogens is 427 g/mol. The molecule has 2 aromatic heterocycles. The Bertz CT molecular complexity index is 1070. The number of primary amides is 1. The summed E-state index contributed by atoms with van der Waals surface area (Å²) in [6.07, 6.45) is -1.84. The molecule has 0 radical (unpaired) electrons. The maximum absolute atomic E-state index is 12.7. The van der Waals surface area contributed by atoms with Crippen molar-refractivity contribution in [1.82, 2.24) is 4.57 Å². The number of esters is 1. The summed E-state index contributed by atoms with van der Waals surface area (Å²) in [7, 11) is 0. The first-order chi connectivity index (χ1) is 14.1. The van der Waals surface area contributed by atoms with Crippen molar-refractivity contribution in [3.05, 3.63) is 50.3 Å². The number of anilines is 1. The molecule has 2 heterocycles. The molecule has 0 saturated carbocycles. The van der Waals surface area contributed by atoms with Gasteiger partial charge in [0.25, 0.3) is 17.4 Å². The molecule has 8 nitrogen and oxygen atoms in total. The van der Waals surface area contributed by atoms with Crippen molar-refractivity contribution in [2.75, 3.05) is 11.9 Å². The molecule has 0 aliphatic heterocycles. The summed E-state index contributed by atoms with van der Waals surface area (Å²) in [5, 5.41) is 2.73. The van der Waals surface area contributed by atoms with Gasteiger partial charge in [0.15, 0.2) is 6.61 Å². The molecule has 12 heteroatoms. The topological polar surface area (TPSA) is 120 Å². The minimum Gasteiger partial charge on any atom is -0.454 e. The standard InChI is InChI=1S/C18H16F3N3O5S/c19-18(20,21)9-4-5-13(26)24(6-9)7-14(27)29-8-12(25)23-17-15(16(22)28)10-2-1-3-11(10)30-17/h4-6H,1-3,7-8H2,(H2,22,28)(H,23,25). The number of alkyl halides is 3. The van der Waals surface area contributed by atoms with Gasteiger partial charge in [-0.05, 0) is 30.9 Å². The van der Waals surface area contributed by atoms with Crippen LogP contribution in [0.3, 0.4) is 0 Å². The number of amides is 2. The highest BCUT2D eigenvalue weighted by Crippen LogP contribution is 2.38. The number of halogens is 3. The minimum atomic E-state index is -4.68. The molecule has 3 rings (SSSR count). The number of rotatable bonds is 6. The lowest BCUT2D eigenvalue weighted by molar-refractivity contribution is -0.148. The van der Waals surface area contributed by atoms with Gasteiger partial charge in [0.2, 0.25) is 0 Å². The van der Waals surface area contributed by atoms with E-state index in [1.165, 1.54) is 11.3 Å². The summed E-state index contributed by atoms with van der Waals surface area (Å²) in [6.45, 7) is -1.54. The second-order valence-electron chi connectivity index (χ2n) is 6.52. The molecule has 3 N–H and O–H groups in total. The molecule has 160 valence electrons. The number of aryl methyl sites for hydroxylation is 1. The van der Waals surface area contributed by atoms with Gasteiger partial charge in [0.05, 0.1) is 11.1 Å². The Labute approximate surface area is 171 Å². The van der Waals surface area contributed by atoms with Gasteiger partial charge in [0.1, 0.15) is 11.5 Å². The summed E-state index contributed by atoms with van der Waals surface area (Å²) in [6, 6.07) is 1.29.